The van der Waals surface area contributed by atoms with Gasteiger partial charge in [0, 0.05) is 70.1 Å². The van der Waals surface area contributed by atoms with Crippen LogP contribution in [0.15, 0.2) is 66.5 Å². The predicted octanol–water partition coefficient (Wildman–Crippen LogP) is 4.66. The second kappa shape index (κ2) is 14.7. The molecule has 0 aliphatic carbocycles. The number of nitrogens with two attached hydrogens (primary N) is 1. The molecule has 1 atom stereocenters. The van der Waals surface area contributed by atoms with Gasteiger partial charge in [0.05, 0.1) is 18.0 Å². The molecule has 0 saturated carbocycles. The van der Waals surface area contributed by atoms with Gasteiger partial charge in [-0.25, -0.2) is 19.0 Å². The lowest BCUT2D eigenvalue weighted by Gasteiger charge is -2.43. The Morgan fingerprint density at radius 3 is 2.59 bits per heavy atom. The number of ether oxygens (including phenoxy) is 2. The van der Waals surface area contributed by atoms with Crippen LogP contribution >= 0.6 is 0 Å². The van der Waals surface area contributed by atoms with E-state index in [1.54, 1.807) is 47.0 Å². The third kappa shape index (κ3) is 7.41. The fraction of sp³-hybridized carbons (Fsp3) is 0.417. The molecule has 2 aliphatic rings. The summed E-state index contributed by atoms with van der Waals surface area (Å²) in [6.45, 7) is 9.93. The van der Waals surface area contributed by atoms with Crippen molar-refractivity contribution in [2.75, 3.05) is 65.3 Å². The lowest BCUT2D eigenvalue weighted by atomic mass is 9.96. The number of piperidine rings is 1. The van der Waals surface area contributed by atoms with Crippen LogP contribution in [0, 0.1) is 17.1 Å². The van der Waals surface area contributed by atoms with Crippen LogP contribution in [0.3, 0.4) is 0 Å². The van der Waals surface area contributed by atoms with Crippen LogP contribution in [0.25, 0.3) is 22.3 Å². The average molecular weight is 668 g/mol. The Morgan fingerprint density at radius 1 is 1.10 bits per heavy atom. The van der Waals surface area contributed by atoms with E-state index in [1.165, 1.54) is 12.4 Å². The number of nitriles is 1. The van der Waals surface area contributed by atoms with E-state index in [0.717, 1.165) is 32.7 Å². The number of nitrogen functional groups attached to an aromatic ring is 1. The molecule has 2 N–H and O–H groups in total. The summed E-state index contributed by atoms with van der Waals surface area (Å²) >= 11 is 0. The Hall–Kier alpha value is -4.90. The van der Waals surface area contributed by atoms with Gasteiger partial charge in [0.15, 0.2) is 5.65 Å². The molecule has 0 unspecified atom stereocenters. The number of likely N-dealkylation sites (tertiary alicyclic amines) is 1. The fourth-order valence-corrected chi connectivity index (χ4v) is 6.68. The van der Waals surface area contributed by atoms with Crippen molar-refractivity contribution in [3.8, 4) is 28.8 Å². The maximum absolute atomic E-state index is 15.7. The third-order valence-corrected chi connectivity index (χ3v) is 9.37. The van der Waals surface area contributed by atoms with Crippen molar-refractivity contribution in [2.45, 2.75) is 38.3 Å². The normalized spacial score (nSPS) is 18.1. The number of nitrogens with zero attached hydrogens (tertiary/aromatic N) is 8. The predicted molar refractivity (Wildman–Crippen MR) is 184 cm³/mol. The van der Waals surface area contributed by atoms with Crippen LogP contribution in [0.1, 0.15) is 32.7 Å². The molecular formula is C36H42FN9O3. The molecule has 2 aromatic heterocycles. The molecule has 2 aromatic carbocycles. The number of aromatic nitrogens is 4. The number of rotatable bonds is 10. The maximum atomic E-state index is 15.7. The summed E-state index contributed by atoms with van der Waals surface area (Å²) in [5.41, 5.74) is 6.94. The Balaban J connectivity index is 1.22. The minimum absolute atomic E-state index is 0.116. The molecule has 12 nitrogen and oxygen atoms in total. The largest absolute Gasteiger partial charge is 0.457 e. The zero-order valence-electron chi connectivity index (χ0n) is 28.2. The molecule has 0 radical (unpaired) electrons. The highest BCUT2D eigenvalue weighted by molar-refractivity contribution is 5.99. The van der Waals surface area contributed by atoms with Crippen molar-refractivity contribution in [2.24, 2.45) is 0 Å². The number of benzene rings is 2. The molecule has 2 saturated heterocycles. The summed E-state index contributed by atoms with van der Waals surface area (Å²) < 4.78 is 28.4. The first kappa shape index (κ1) is 34.0. The molecule has 0 spiro atoms. The van der Waals surface area contributed by atoms with E-state index in [0.29, 0.717) is 60.8 Å². The highest BCUT2D eigenvalue weighted by atomic mass is 19.1. The second-order valence-electron chi connectivity index (χ2n) is 13.0. The van der Waals surface area contributed by atoms with Gasteiger partial charge in [-0.05, 0) is 57.0 Å². The lowest BCUT2D eigenvalue weighted by Crippen LogP contribution is -2.54. The number of piperazine rings is 1. The molecule has 1 amide bonds. The number of para-hydroxylation sites is 1. The number of fused-ring (bicyclic) bond motifs is 1. The van der Waals surface area contributed by atoms with E-state index < -0.39 is 11.4 Å². The Bertz CT molecular complexity index is 1860. The Kier molecular flexibility index (Phi) is 10.2. The molecule has 256 valence electrons. The summed E-state index contributed by atoms with van der Waals surface area (Å²) in [5, 5.41) is 15.4. The van der Waals surface area contributed by atoms with Crippen LogP contribution in [0.4, 0.5) is 10.2 Å². The van der Waals surface area contributed by atoms with Gasteiger partial charge < -0.3 is 20.1 Å². The number of anilines is 1. The molecule has 2 fully saturated rings. The second-order valence-corrected chi connectivity index (χ2v) is 13.0. The minimum atomic E-state index is -0.536. The number of methoxy groups -OCH3 is 1. The number of halogens is 1. The van der Waals surface area contributed by atoms with Gasteiger partial charge in [-0.2, -0.15) is 10.4 Å². The van der Waals surface area contributed by atoms with Crippen LogP contribution in [0.2, 0.25) is 0 Å². The summed E-state index contributed by atoms with van der Waals surface area (Å²) in [6.07, 6.45) is 4.56. The van der Waals surface area contributed by atoms with E-state index in [2.05, 4.69) is 25.8 Å². The van der Waals surface area contributed by atoms with Crippen LogP contribution in [0.5, 0.6) is 11.5 Å². The SMILES string of the molecule is COCCN1CCN(C(C)(C)/C=C(\C#N)C(=O)N2CCC[C@H](n3nc(-c4ccc(Oc5ccccc5)cc4F)c4c(N)ncnc43)C2)CC1. The van der Waals surface area contributed by atoms with Gasteiger partial charge in [-0.15, -0.1) is 0 Å². The number of carbonyl (C=O) groups is 1. The monoisotopic (exact) mass is 667 g/mol. The molecule has 0 bridgehead atoms. The van der Waals surface area contributed by atoms with Gasteiger partial charge in [0.1, 0.15) is 46.8 Å². The third-order valence-electron chi connectivity index (χ3n) is 9.37. The first-order chi connectivity index (χ1) is 23.7. The number of amides is 1. The van der Waals surface area contributed by atoms with Crippen molar-refractivity contribution < 1.29 is 18.7 Å². The Labute approximate surface area is 285 Å². The van der Waals surface area contributed by atoms with E-state index >= 15 is 4.39 Å². The van der Waals surface area contributed by atoms with Crippen LogP contribution < -0.4 is 10.5 Å². The zero-order chi connectivity index (χ0) is 34.5. The maximum Gasteiger partial charge on any atom is 0.264 e. The quantitative estimate of drug-likeness (QED) is 0.188. The molecular weight excluding hydrogens is 625 g/mol. The van der Waals surface area contributed by atoms with Crippen molar-refractivity contribution >= 4 is 22.8 Å². The molecule has 4 heterocycles. The highest BCUT2D eigenvalue weighted by Crippen LogP contribution is 2.36. The number of carbonyl (C=O) groups excluding carboxylic acids is 1. The minimum Gasteiger partial charge on any atom is -0.457 e. The van der Waals surface area contributed by atoms with Crippen molar-refractivity contribution in [1.29, 1.82) is 5.26 Å². The number of hydrogen-bond donors (Lipinski definition) is 1. The summed E-state index contributed by atoms with van der Waals surface area (Å²) in [5.74, 6) is 0.260. The van der Waals surface area contributed by atoms with Gasteiger partial charge in [0.25, 0.3) is 5.91 Å². The molecule has 6 rings (SSSR count). The lowest BCUT2D eigenvalue weighted by molar-refractivity contribution is -0.128. The van der Waals surface area contributed by atoms with Crippen LogP contribution in [-0.2, 0) is 9.53 Å². The summed E-state index contributed by atoms with van der Waals surface area (Å²) in [6, 6.07) is 15.6. The van der Waals surface area contributed by atoms with Crippen molar-refractivity contribution in [1.82, 2.24) is 34.4 Å². The first-order valence-electron chi connectivity index (χ1n) is 16.6. The van der Waals surface area contributed by atoms with E-state index in [9.17, 15) is 10.1 Å². The topological polar surface area (TPSA) is 139 Å². The van der Waals surface area contributed by atoms with E-state index in [1.807, 2.05) is 32.0 Å². The smallest absolute Gasteiger partial charge is 0.264 e. The van der Waals surface area contributed by atoms with Crippen LogP contribution in [-0.4, -0.2) is 105 Å². The zero-order valence-corrected chi connectivity index (χ0v) is 28.2. The summed E-state index contributed by atoms with van der Waals surface area (Å²) in [7, 11) is 1.71. The van der Waals surface area contributed by atoms with Gasteiger partial charge in [-0.1, -0.05) is 18.2 Å². The highest BCUT2D eigenvalue weighted by Gasteiger charge is 2.33. The fourth-order valence-electron chi connectivity index (χ4n) is 6.68. The van der Waals surface area contributed by atoms with Gasteiger partial charge in [0.2, 0.25) is 0 Å². The number of hydrogen-bond acceptors (Lipinski definition) is 10. The van der Waals surface area contributed by atoms with Gasteiger partial charge in [-0.3, -0.25) is 14.6 Å². The molecule has 2 aliphatic heterocycles. The summed E-state index contributed by atoms with van der Waals surface area (Å²) in [4.78, 5) is 28.9. The molecule has 13 heteroatoms. The molecule has 4 aromatic rings. The van der Waals surface area contributed by atoms with Crippen molar-refractivity contribution in [3.05, 3.63) is 72.3 Å². The van der Waals surface area contributed by atoms with Crippen molar-refractivity contribution in [3.63, 3.8) is 0 Å². The van der Waals surface area contributed by atoms with E-state index in [4.69, 9.17) is 20.3 Å². The average Bonchev–Trinajstić information content (AvgIpc) is 3.51. The van der Waals surface area contributed by atoms with E-state index in [-0.39, 0.29) is 28.9 Å². The molecule has 49 heavy (non-hydrogen) atoms. The standard InChI is InChI=1S/C36H42FN9O3/c1-36(2,45-16-14-43(15-17-45)18-19-48-3)21-25(22-38)35(47)44-13-7-8-26(23-44)46-34-31(33(39)40-24-41-34)32(42-46)29-12-11-28(20-30(29)37)49-27-9-5-4-6-10-27/h4-6,9-12,20-21,24,26H,7-8,13-19,23H2,1-3H3,(H2,39,40,41)/b25-21+/t26-/m0/s1. The first-order valence-corrected chi connectivity index (χ1v) is 16.6. The Morgan fingerprint density at radius 2 is 1.88 bits per heavy atom. The van der Waals surface area contributed by atoms with Gasteiger partial charge >= 0.3 is 0 Å².